The minimum absolute atomic E-state index is 0.0621. The summed E-state index contributed by atoms with van der Waals surface area (Å²) in [5, 5.41) is 6.36. The highest BCUT2D eigenvalue weighted by molar-refractivity contribution is 5.80. The lowest BCUT2D eigenvalue weighted by molar-refractivity contribution is 0.0507. The molecular formula is C21H34N4O3. The van der Waals surface area contributed by atoms with Crippen LogP contribution in [-0.2, 0) is 11.2 Å². The molecule has 0 spiro atoms. The van der Waals surface area contributed by atoms with Gasteiger partial charge in [-0.1, -0.05) is 18.2 Å². The Balaban J connectivity index is 1.81. The van der Waals surface area contributed by atoms with E-state index in [9.17, 15) is 4.79 Å². The van der Waals surface area contributed by atoms with Crippen LogP contribution < -0.4 is 15.4 Å². The van der Waals surface area contributed by atoms with Crippen LogP contribution in [-0.4, -0.2) is 61.9 Å². The summed E-state index contributed by atoms with van der Waals surface area (Å²) in [6.07, 6.45) is 1.35. The van der Waals surface area contributed by atoms with E-state index in [1.165, 1.54) is 5.56 Å². The molecule has 2 N–H and O–H groups in total. The Labute approximate surface area is 168 Å². The van der Waals surface area contributed by atoms with Gasteiger partial charge in [0.25, 0.3) is 0 Å². The van der Waals surface area contributed by atoms with Gasteiger partial charge in [0.15, 0.2) is 5.96 Å². The summed E-state index contributed by atoms with van der Waals surface area (Å²) < 4.78 is 11.0. The average molecular weight is 391 g/mol. The molecule has 1 unspecified atom stereocenters. The van der Waals surface area contributed by atoms with Gasteiger partial charge in [-0.05, 0) is 52.2 Å². The van der Waals surface area contributed by atoms with Crippen molar-refractivity contribution in [3.63, 3.8) is 0 Å². The first-order valence-corrected chi connectivity index (χ1v) is 9.98. The molecule has 1 amide bonds. The van der Waals surface area contributed by atoms with Gasteiger partial charge in [0.2, 0.25) is 0 Å². The Morgan fingerprint density at radius 2 is 2.07 bits per heavy atom. The average Bonchev–Trinajstić information content (AvgIpc) is 3.06. The third kappa shape index (κ3) is 6.94. The maximum absolute atomic E-state index is 12.0. The minimum atomic E-state index is -0.488. The fourth-order valence-corrected chi connectivity index (χ4v) is 3.19. The Bertz CT molecular complexity index is 670. The number of nitrogens with zero attached hydrogens (tertiary/aromatic N) is 2. The Morgan fingerprint density at radius 3 is 2.75 bits per heavy atom. The summed E-state index contributed by atoms with van der Waals surface area (Å²) in [4.78, 5) is 18.5. The number of rotatable bonds is 6. The summed E-state index contributed by atoms with van der Waals surface area (Å²) in [6.45, 7) is 10.6. The van der Waals surface area contributed by atoms with E-state index < -0.39 is 5.60 Å². The summed E-state index contributed by atoms with van der Waals surface area (Å²) in [5.41, 5.74) is 0.691. The van der Waals surface area contributed by atoms with Crippen LogP contribution in [0.15, 0.2) is 29.3 Å². The van der Waals surface area contributed by atoms with Crippen molar-refractivity contribution in [2.24, 2.45) is 4.99 Å². The SMILES string of the molecule is CCOc1ccccc1CCNC(=NC)N1CCC(NC(=O)OC(C)(C)C)C1. The number of benzene rings is 1. The van der Waals surface area contributed by atoms with Crippen LogP contribution in [0, 0.1) is 0 Å². The smallest absolute Gasteiger partial charge is 0.407 e. The number of nitrogens with one attached hydrogen (secondary N) is 2. The third-order valence-corrected chi connectivity index (χ3v) is 4.37. The third-order valence-electron chi connectivity index (χ3n) is 4.37. The van der Waals surface area contributed by atoms with Crippen molar-refractivity contribution in [3.8, 4) is 5.75 Å². The van der Waals surface area contributed by atoms with Gasteiger partial charge in [0, 0.05) is 26.7 Å². The zero-order valence-corrected chi connectivity index (χ0v) is 17.7. The van der Waals surface area contributed by atoms with Gasteiger partial charge in [-0.15, -0.1) is 0 Å². The molecule has 1 aromatic rings. The fourth-order valence-electron chi connectivity index (χ4n) is 3.19. The Morgan fingerprint density at radius 1 is 1.32 bits per heavy atom. The van der Waals surface area contributed by atoms with Crippen molar-refractivity contribution >= 4 is 12.1 Å². The first kappa shape index (κ1) is 21.9. The number of amides is 1. The number of alkyl carbamates (subject to hydrolysis) is 1. The van der Waals surface area contributed by atoms with E-state index >= 15 is 0 Å². The largest absolute Gasteiger partial charge is 0.494 e. The summed E-state index contributed by atoms with van der Waals surface area (Å²) in [6, 6.07) is 8.17. The van der Waals surface area contributed by atoms with E-state index in [1.54, 1.807) is 7.05 Å². The topological polar surface area (TPSA) is 75.2 Å². The van der Waals surface area contributed by atoms with Crippen molar-refractivity contribution < 1.29 is 14.3 Å². The van der Waals surface area contributed by atoms with Crippen LogP contribution in [0.3, 0.4) is 0 Å². The quantitative estimate of drug-likeness (QED) is 0.577. The van der Waals surface area contributed by atoms with E-state index in [0.29, 0.717) is 13.2 Å². The molecule has 1 heterocycles. The van der Waals surface area contributed by atoms with E-state index in [-0.39, 0.29) is 12.1 Å². The van der Waals surface area contributed by atoms with E-state index in [2.05, 4.69) is 26.6 Å². The molecule has 1 atom stereocenters. The normalized spacial score (nSPS) is 17.4. The lowest BCUT2D eigenvalue weighted by Gasteiger charge is -2.23. The number of para-hydroxylation sites is 1. The molecular weight excluding hydrogens is 356 g/mol. The molecule has 0 radical (unpaired) electrons. The Kier molecular flexibility index (Phi) is 7.96. The van der Waals surface area contributed by atoms with Crippen molar-refractivity contribution in [1.29, 1.82) is 0 Å². The molecule has 0 aliphatic carbocycles. The first-order chi connectivity index (χ1) is 13.3. The highest BCUT2D eigenvalue weighted by Gasteiger charge is 2.27. The van der Waals surface area contributed by atoms with Crippen LogP contribution in [0.2, 0.25) is 0 Å². The molecule has 0 bridgehead atoms. The van der Waals surface area contributed by atoms with Gasteiger partial charge in [-0.2, -0.15) is 0 Å². The molecule has 1 aromatic carbocycles. The van der Waals surface area contributed by atoms with Crippen molar-refractivity contribution in [2.75, 3.05) is 33.3 Å². The molecule has 0 saturated carbocycles. The van der Waals surface area contributed by atoms with Crippen LogP contribution in [0.4, 0.5) is 4.79 Å². The van der Waals surface area contributed by atoms with E-state index in [4.69, 9.17) is 9.47 Å². The van der Waals surface area contributed by atoms with Crippen LogP contribution >= 0.6 is 0 Å². The van der Waals surface area contributed by atoms with Gasteiger partial charge in [0.1, 0.15) is 11.4 Å². The number of carbonyl (C=O) groups is 1. The van der Waals surface area contributed by atoms with Crippen LogP contribution in [0.25, 0.3) is 0 Å². The fraction of sp³-hybridized carbons (Fsp3) is 0.619. The number of hydrogen-bond donors (Lipinski definition) is 2. The predicted octanol–water partition coefficient (Wildman–Crippen LogP) is 2.80. The molecule has 1 aliphatic rings. The monoisotopic (exact) mass is 390 g/mol. The van der Waals surface area contributed by atoms with Gasteiger partial charge in [-0.25, -0.2) is 4.79 Å². The molecule has 0 aromatic heterocycles. The zero-order valence-electron chi connectivity index (χ0n) is 17.7. The van der Waals surface area contributed by atoms with Gasteiger partial charge in [0.05, 0.1) is 12.6 Å². The maximum atomic E-state index is 12.0. The molecule has 2 rings (SSSR count). The number of likely N-dealkylation sites (tertiary alicyclic amines) is 1. The second-order valence-corrected chi connectivity index (χ2v) is 7.84. The highest BCUT2D eigenvalue weighted by atomic mass is 16.6. The molecule has 1 aliphatic heterocycles. The second kappa shape index (κ2) is 10.2. The first-order valence-electron chi connectivity index (χ1n) is 9.98. The standard InChI is InChI=1S/C21H34N4O3/c1-6-27-18-10-8-7-9-16(18)11-13-23-19(22-5)25-14-12-17(15-25)24-20(26)28-21(2,3)4/h7-10,17H,6,11-15H2,1-5H3,(H,22,23)(H,24,26). The lowest BCUT2D eigenvalue weighted by atomic mass is 10.1. The van der Waals surface area contributed by atoms with E-state index in [1.807, 2.05) is 45.9 Å². The number of ether oxygens (including phenoxy) is 2. The molecule has 7 heteroatoms. The van der Waals surface area contributed by atoms with Crippen LogP contribution in [0.1, 0.15) is 39.7 Å². The summed E-state index contributed by atoms with van der Waals surface area (Å²) in [7, 11) is 1.78. The number of hydrogen-bond acceptors (Lipinski definition) is 4. The van der Waals surface area contributed by atoms with Crippen LogP contribution in [0.5, 0.6) is 5.75 Å². The molecule has 156 valence electrons. The van der Waals surface area contributed by atoms with Crippen molar-refractivity contribution in [2.45, 2.75) is 52.2 Å². The lowest BCUT2D eigenvalue weighted by Crippen LogP contribution is -2.44. The Hall–Kier alpha value is -2.44. The van der Waals surface area contributed by atoms with Crippen molar-refractivity contribution in [1.82, 2.24) is 15.5 Å². The molecule has 1 fully saturated rings. The zero-order chi connectivity index (χ0) is 20.6. The predicted molar refractivity (Wildman–Crippen MR) is 112 cm³/mol. The molecule has 28 heavy (non-hydrogen) atoms. The van der Waals surface area contributed by atoms with Crippen molar-refractivity contribution in [3.05, 3.63) is 29.8 Å². The second-order valence-electron chi connectivity index (χ2n) is 7.84. The number of aliphatic imine (C=N–C) groups is 1. The number of carbonyl (C=O) groups excluding carboxylic acids is 1. The minimum Gasteiger partial charge on any atom is -0.494 e. The van der Waals surface area contributed by atoms with Gasteiger partial charge >= 0.3 is 6.09 Å². The van der Waals surface area contributed by atoms with Gasteiger partial charge < -0.3 is 25.0 Å². The van der Waals surface area contributed by atoms with Gasteiger partial charge in [-0.3, -0.25) is 4.99 Å². The molecule has 7 nitrogen and oxygen atoms in total. The van der Waals surface area contributed by atoms with E-state index in [0.717, 1.165) is 37.6 Å². The number of guanidine groups is 1. The summed E-state index contributed by atoms with van der Waals surface area (Å²) >= 11 is 0. The maximum Gasteiger partial charge on any atom is 0.407 e. The summed E-state index contributed by atoms with van der Waals surface area (Å²) in [5.74, 6) is 1.78. The highest BCUT2D eigenvalue weighted by Crippen LogP contribution is 2.18. The molecule has 1 saturated heterocycles.